The van der Waals surface area contributed by atoms with E-state index >= 15 is 0 Å². The molecule has 2 aliphatic carbocycles. The lowest BCUT2D eigenvalue weighted by Crippen LogP contribution is -2.41. The van der Waals surface area contributed by atoms with Crippen LogP contribution < -0.4 is 5.32 Å². The zero-order valence-electron chi connectivity index (χ0n) is 14.9. The molecule has 0 radical (unpaired) electrons. The molecule has 4 rings (SSSR count). The third-order valence-corrected chi connectivity index (χ3v) is 6.37. The molecule has 0 spiro atoms. The summed E-state index contributed by atoms with van der Waals surface area (Å²) in [5, 5.41) is 3.25. The van der Waals surface area contributed by atoms with E-state index in [0.29, 0.717) is 12.5 Å². The molecular formula is C20H27N3O. The van der Waals surface area contributed by atoms with Crippen LogP contribution in [0.4, 0.5) is 0 Å². The zero-order chi connectivity index (χ0) is 16.8. The van der Waals surface area contributed by atoms with Crippen LogP contribution >= 0.6 is 0 Å². The van der Waals surface area contributed by atoms with Gasteiger partial charge in [-0.15, -0.1) is 0 Å². The van der Waals surface area contributed by atoms with Gasteiger partial charge in [0.2, 0.25) is 5.91 Å². The molecule has 24 heavy (non-hydrogen) atoms. The highest BCUT2D eigenvalue weighted by atomic mass is 16.2. The summed E-state index contributed by atoms with van der Waals surface area (Å²) in [6.07, 6.45) is 7.24. The van der Waals surface area contributed by atoms with E-state index in [9.17, 15) is 4.79 Å². The van der Waals surface area contributed by atoms with Crippen molar-refractivity contribution < 1.29 is 4.79 Å². The fourth-order valence-corrected chi connectivity index (χ4v) is 4.91. The molecule has 2 aliphatic rings. The summed E-state index contributed by atoms with van der Waals surface area (Å²) >= 11 is 0. The molecule has 4 heteroatoms. The summed E-state index contributed by atoms with van der Waals surface area (Å²) in [6, 6.07) is 4.51. The molecule has 0 aliphatic heterocycles. The number of nitrogens with zero attached hydrogens (tertiary/aromatic N) is 2. The van der Waals surface area contributed by atoms with Gasteiger partial charge >= 0.3 is 0 Å². The van der Waals surface area contributed by atoms with E-state index in [1.807, 2.05) is 4.57 Å². The highest BCUT2D eigenvalue weighted by molar-refractivity contribution is 5.81. The summed E-state index contributed by atoms with van der Waals surface area (Å²) in [5.74, 6) is 2.54. The molecule has 2 saturated carbocycles. The van der Waals surface area contributed by atoms with Crippen molar-refractivity contribution in [2.75, 3.05) is 0 Å². The second-order valence-corrected chi connectivity index (χ2v) is 7.99. The van der Waals surface area contributed by atoms with Gasteiger partial charge in [-0.05, 0) is 81.0 Å². The van der Waals surface area contributed by atoms with Crippen molar-refractivity contribution in [3.8, 4) is 0 Å². The van der Waals surface area contributed by atoms with Crippen LogP contribution in [0.3, 0.4) is 0 Å². The number of carbonyl (C=O) groups is 1. The number of benzene rings is 1. The van der Waals surface area contributed by atoms with Gasteiger partial charge in [0.05, 0.1) is 17.4 Å². The monoisotopic (exact) mass is 325 g/mol. The minimum atomic E-state index is 0.0998. The molecule has 1 heterocycles. The molecular weight excluding hydrogens is 298 g/mol. The fourth-order valence-electron chi connectivity index (χ4n) is 4.91. The van der Waals surface area contributed by atoms with Crippen LogP contribution in [0.15, 0.2) is 18.5 Å². The van der Waals surface area contributed by atoms with E-state index in [1.54, 1.807) is 6.33 Å². The van der Waals surface area contributed by atoms with Crippen LogP contribution in [0.25, 0.3) is 11.0 Å². The minimum Gasteiger partial charge on any atom is -0.352 e. The Morgan fingerprint density at radius 2 is 2.08 bits per heavy atom. The molecule has 128 valence electrons. The van der Waals surface area contributed by atoms with Gasteiger partial charge in [-0.1, -0.05) is 6.42 Å². The molecule has 1 N–H and O–H groups in total. The molecule has 1 aromatic heterocycles. The van der Waals surface area contributed by atoms with Crippen molar-refractivity contribution in [1.29, 1.82) is 0 Å². The van der Waals surface area contributed by atoms with Crippen LogP contribution in [-0.4, -0.2) is 21.5 Å². The van der Waals surface area contributed by atoms with Gasteiger partial charge in [0.25, 0.3) is 0 Å². The van der Waals surface area contributed by atoms with Crippen LogP contribution in [0.1, 0.15) is 43.7 Å². The van der Waals surface area contributed by atoms with Gasteiger partial charge < -0.3 is 9.88 Å². The first-order valence-corrected chi connectivity index (χ1v) is 9.22. The number of nitrogens with one attached hydrogen (secondary N) is 1. The van der Waals surface area contributed by atoms with Gasteiger partial charge in [0, 0.05) is 6.04 Å². The Labute approximate surface area is 143 Å². The first-order chi connectivity index (χ1) is 11.5. The van der Waals surface area contributed by atoms with Crippen molar-refractivity contribution in [3.63, 3.8) is 0 Å². The average Bonchev–Trinajstić information content (AvgIpc) is 3.25. The molecule has 0 unspecified atom stereocenters. The maximum atomic E-state index is 12.5. The Bertz CT molecular complexity index is 779. The predicted molar refractivity (Wildman–Crippen MR) is 95.7 cm³/mol. The maximum absolute atomic E-state index is 12.5. The second-order valence-electron chi connectivity index (χ2n) is 7.99. The van der Waals surface area contributed by atoms with Crippen molar-refractivity contribution in [2.45, 2.75) is 59.0 Å². The van der Waals surface area contributed by atoms with Gasteiger partial charge in [-0.2, -0.15) is 0 Å². The van der Waals surface area contributed by atoms with Gasteiger partial charge in [-0.3, -0.25) is 4.79 Å². The minimum absolute atomic E-state index is 0.0998. The molecule has 2 bridgehead atoms. The Balaban J connectivity index is 1.43. The zero-order valence-corrected chi connectivity index (χ0v) is 14.9. The van der Waals surface area contributed by atoms with Gasteiger partial charge in [0.1, 0.15) is 6.54 Å². The van der Waals surface area contributed by atoms with E-state index in [4.69, 9.17) is 0 Å². The number of aryl methyl sites for hydroxylation is 2. The van der Waals surface area contributed by atoms with Crippen LogP contribution in [0.2, 0.25) is 0 Å². The molecule has 1 aromatic carbocycles. The van der Waals surface area contributed by atoms with Crippen molar-refractivity contribution >= 4 is 16.9 Å². The largest absolute Gasteiger partial charge is 0.352 e. The molecule has 1 amide bonds. The normalized spacial score (nSPS) is 26.9. The van der Waals surface area contributed by atoms with Crippen LogP contribution in [-0.2, 0) is 11.3 Å². The quantitative estimate of drug-likeness (QED) is 0.934. The first-order valence-electron chi connectivity index (χ1n) is 9.22. The van der Waals surface area contributed by atoms with Crippen LogP contribution in [0.5, 0.6) is 0 Å². The number of amides is 1. The summed E-state index contributed by atoms with van der Waals surface area (Å²) < 4.78 is 1.96. The number of hydrogen-bond acceptors (Lipinski definition) is 2. The number of imidazole rings is 1. The number of hydrogen-bond donors (Lipinski definition) is 1. The SMILES string of the molecule is Cc1cc2ncn(CC(=O)N[C@@H](C)[C@@H]3C[C@@H]4CC[C@@H]3C4)c2cc1C. The second kappa shape index (κ2) is 5.91. The average molecular weight is 325 g/mol. The predicted octanol–water partition coefficient (Wildman–Crippen LogP) is 3.59. The van der Waals surface area contributed by atoms with Crippen molar-refractivity contribution in [1.82, 2.24) is 14.9 Å². The lowest BCUT2D eigenvalue weighted by atomic mass is 9.84. The van der Waals surface area contributed by atoms with Gasteiger partial charge in [-0.25, -0.2) is 4.98 Å². The molecule has 0 saturated heterocycles. The number of carbonyl (C=O) groups excluding carboxylic acids is 1. The number of rotatable bonds is 4. The molecule has 4 nitrogen and oxygen atoms in total. The van der Waals surface area contributed by atoms with E-state index in [0.717, 1.165) is 22.9 Å². The van der Waals surface area contributed by atoms with Crippen molar-refractivity contribution in [2.24, 2.45) is 17.8 Å². The Morgan fingerprint density at radius 1 is 1.29 bits per heavy atom. The third kappa shape index (κ3) is 2.72. The maximum Gasteiger partial charge on any atom is 0.240 e. The Morgan fingerprint density at radius 3 is 2.79 bits per heavy atom. The summed E-state index contributed by atoms with van der Waals surface area (Å²) in [7, 11) is 0. The van der Waals surface area contributed by atoms with E-state index in [-0.39, 0.29) is 11.9 Å². The Kier molecular flexibility index (Phi) is 3.86. The highest BCUT2D eigenvalue weighted by Gasteiger charge is 2.42. The highest BCUT2D eigenvalue weighted by Crippen LogP contribution is 2.49. The standard InChI is InChI=1S/C20H27N3O/c1-12-6-18-19(7-13(12)2)23(11-21-18)10-20(24)22-14(3)17-9-15-4-5-16(17)8-15/h6-7,11,14-17H,4-5,8-10H2,1-3H3,(H,22,24)/t14-,15+,16+,17-/m0/s1. The number of fused-ring (bicyclic) bond motifs is 3. The van der Waals surface area contributed by atoms with E-state index < -0.39 is 0 Å². The van der Waals surface area contributed by atoms with E-state index in [2.05, 4.69) is 43.2 Å². The smallest absolute Gasteiger partial charge is 0.240 e. The fraction of sp³-hybridized carbons (Fsp3) is 0.600. The summed E-state index contributed by atoms with van der Waals surface area (Å²) in [5.41, 5.74) is 4.48. The Hall–Kier alpha value is -1.84. The van der Waals surface area contributed by atoms with E-state index in [1.165, 1.54) is 36.8 Å². The molecule has 2 aromatic rings. The lowest BCUT2D eigenvalue weighted by Gasteiger charge is -2.28. The summed E-state index contributed by atoms with van der Waals surface area (Å²) in [4.78, 5) is 17.0. The first kappa shape index (κ1) is 15.7. The van der Waals surface area contributed by atoms with Crippen molar-refractivity contribution in [3.05, 3.63) is 29.6 Å². The van der Waals surface area contributed by atoms with Gasteiger partial charge in [0.15, 0.2) is 0 Å². The van der Waals surface area contributed by atoms with Crippen LogP contribution in [0, 0.1) is 31.6 Å². The number of aromatic nitrogens is 2. The third-order valence-electron chi connectivity index (χ3n) is 6.37. The molecule has 2 fully saturated rings. The molecule has 4 atom stereocenters. The summed E-state index contributed by atoms with van der Waals surface area (Å²) in [6.45, 7) is 6.73. The lowest BCUT2D eigenvalue weighted by molar-refractivity contribution is -0.122. The topological polar surface area (TPSA) is 46.9 Å².